The molecule has 2 rings (SSSR count). The molecule has 0 aliphatic heterocycles. The van der Waals surface area contributed by atoms with Gasteiger partial charge in [0.2, 0.25) is 5.56 Å². The molecule has 1 aliphatic rings. The molecule has 0 aromatic carbocycles. The van der Waals surface area contributed by atoms with Crippen molar-refractivity contribution < 1.29 is 19.4 Å². The number of nitrogens with one attached hydrogen (secondary N) is 2. The lowest BCUT2D eigenvalue weighted by Crippen LogP contribution is -2.76. The summed E-state index contributed by atoms with van der Waals surface area (Å²) in [4.78, 5) is 37.7. The van der Waals surface area contributed by atoms with Gasteiger partial charge in [-0.2, -0.15) is 0 Å². The van der Waals surface area contributed by atoms with Crippen LogP contribution in [0.2, 0.25) is 0 Å². The second-order valence-electron chi connectivity index (χ2n) is 5.98. The molecule has 2 unspecified atom stereocenters. The smallest absolute Gasteiger partial charge is 0.330 e. The number of carbonyl (C=O) groups is 2. The number of carboxylic acid groups (broad SMARTS) is 1. The van der Waals surface area contributed by atoms with Crippen LogP contribution >= 0.6 is 0 Å². The Balaban J connectivity index is 2.26. The Morgan fingerprint density at radius 1 is 1.50 bits per heavy atom. The summed E-state index contributed by atoms with van der Waals surface area (Å²) in [5.41, 5.74) is -2.46. The zero-order chi connectivity index (χ0) is 16.5. The average molecular weight is 308 g/mol. The lowest BCUT2D eigenvalue weighted by Gasteiger charge is -2.58. The topological polar surface area (TPSA) is 108 Å². The molecule has 1 aromatic heterocycles. The fourth-order valence-corrected chi connectivity index (χ4v) is 2.89. The highest BCUT2D eigenvalue weighted by Gasteiger charge is 2.66. The molecule has 0 spiro atoms. The van der Waals surface area contributed by atoms with E-state index in [1.165, 1.54) is 12.3 Å². The molecule has 120 valence electrons. The van der Waals surface area contributed by atoms with Gasteiger partial charge in [-0.25, -0.2) is 4.79 Å². The van der Waals surface area contributed by atoms with Crippen LogP contribution in [0, 0.1) is 5.41 Å². The molecule has 1 saturated carbocycles. The van der Waals surface area contributed by atoms with Crippen molar-refractivity contribution >= 4 is 11.9 Å². The first-order chi connectivity index (χ1) is 10.2. The number of amides is 1. The molecule has 1 amide bonds. The Hall–Kier alpha value is -2.15. The monoisotopic (exact) mass is 308 g/mol. The largest absolute Gasteiger partial charge is 0.479 e. The van der Waals surface area contributed by atoms with E-state index in [-0.39, 0.29) is 18.1 Å². The fraction of sp³-hybridized carbons (Fsp3) is 0.533. The molecule has 1 aliphatic carbocycles. The number of carboxylic acids is 1. The van der Waals surface area contributed by atoms with Gasteiger partial charge < -0.3 is 20.1 Å². The van der Waals surface area contributed by atoms with Crippen LogP contribution in [-0.2, 0) is 9.53 Å². The minimum atomic E-state index is -1.41. The second kappa shape index (κ2) is 5.57. The number of carbonyl (C=O) groups excluding carboxylic acids is 1. The van der Waals surface area contributed by atoms with E-state index in [2.05, 4.69) is 10.3 Å². The summed E-state index contributed by atoms with van der Waals surface area (Å²) in [6.07, 6.45) is 1.30. The van der Waals surface area contributed by atoms with Gasteiger partial charge in [0, 0.05) is 36.3 Å². The Morgan fingerprint density at radius 3 is 2.68 bits per heavy atom. The van der Waals surface area contributed by atoms with Crippen LogP contribution in [0.25, 0.3) is 0 Å². The molecular weight excluding hydrogens is 288 g/mol. The van der Waals surface area contributed by atoms with Crippen LogP contribution in [0.1, 0.15) is 37.6 Å². The molecule has 0 saturated heterocycles. The highest BCUT2D eigenvalue weighted by Crippen LogP contribution is 2.51. The number of pyridine rings is 1. The summed E-state index contributed by atoms with van der Waals surface area (Å²) in [7, 11) is 0. The van der Waals surface area contributed by atoms with E-state index in [4.69, 9.17) is 4.74 Å². The number of rotatable bonds is 5. The van der Waals surface area contributed by atoms with Gasteiger partial charge in [-0.3, -0.25) is 9.59 Å². The van der Waals surface area contributed by atoms with Gasteiger partial charge in [0.05, 0.1) is 6.10 Å². The standard InChI is InChI=1S/C15H20N2O5/c1-4-22-10-8-15(13(20)21,14(10,2)3)17-12(19)9-5-6-16-11(18)7-9/h5-7,10H,4,8H2,1-3H3,(H,16,18)(H,17,19)(H,20,21). The number of H-pyrrole nitrogens is 1. The number of aromatic amines is 1. The summed E-state index contributed by atoms with van der Waals surface area (Å²) in [5.74, 6) is -1.69. The van der Waals surface area contributed by atoms with Crippen molar-refractivity contribution in [2.24, 2.45) is 5.41 Å². The molecule has 1 fully saturated rings. The van der Waals surface area contributed by atoms with Crippen LogP contribution < -0.4 is 10.9 Å². The molecule has 2 atom stereocenters. The van der Waals surface area contributed by atoms with E-state index in [1.54, 1.807) is 13.8 Å². The number of hydrogen-bond donors (Lipinski definition) is 3. The molecule has 0 radical (unpaired) electrons. The van der Waals surface area contributed by atoms with E-state index in [1.807, 2.05) is 6.92 Å². The minimum Gasteiger partial charge on any atom is -0.479 e. The third-order valence-corrected chi connectivity index (χ3v) is 4.49. The number of ether oxygens (including phenoxy) is 1. The first kappa shape index (κ1) is 16.2. The molecular formula is C15H20N2O5. The summed E-state index contributed by atoms with van der Waals surface area (Å²) in [5, 5.41) is 12.2. The number of hydrogen-bond acceptors (Lipinski definition) is 4. The second-order valence-corrected chi connectivity index (χ2v) is 5.98. The zero-order valence-electron chi connectivity index (χ0n) is 12.8. The van der Waals surface area contributed by atoms with Crippen LogP contribution in [0.5, 0.6) is 0 Å². The van der Waals surface area contributed by atoms with Crippen molar-refractivity contribution in [1.29, 1.82) is 0 Å². The molecule has 0 bridgehead atoms. The maximum absolute atomic E-state index is 12.3. The zero-order valence-corrected chi connectivity index (χ0v) is 12.8. The van der Waals surface area contributed by atoms with Crippen molar-refractivity contribution in [1.82, 2.24) is 10.3 Å². The highest BCUT2D eigenvalue weighted by atomic mass is 16.5. The Labute approximate surface area is 127 Å². The molecule has 1 aromatic rings. The van der Waals surface area contributed by atoms with Gasteiger partial charge in [-0.1, -0.05) is 13.8 Å². The predicted octanol–water partition coefficient (Wildman–Crippen LogP) is 0.763. The van der Waals surface area contributed by atoms with Gasteiger partial charge in [0.1, 0.15) is 5.54 Å². The van der Waals surface area contributed by atoms with Crippen LogP contribution in [-0.4, -0.2) is 40.2 Å². The molecule has 7 heteroatoms. The summed E-state index contributed by atoms with van der Waals surface area (Å²) in [6, 6.07) is 2.56. The van der Waals surface area contributed by atoms with E-state index in [0.717, 1.165) is 6.07 Å². The Kier molecular flexibility index (Phi) is 4.10. The lowest BCUT2D eigenvalue weighted by molar-refractivity contribution is -0.190. The third kappa shape index (κ3) is 2.41. The number of aliphatic carboxylic acids is 1. The van der Waals surface area contributed by atoms with Crippen LogP contribution in [0.3, 0.4) is 0 Å². The minimum absolute atomic E-state index is 0.125. The van der Waals surface area contributed by atoms with Crippen molar-refractivity contribution in [3.63, 3.8) is 0 Å². The van der Waals surface area contributed by atoms with Crippen molar-refractivity contribution in [3.05, 3.63) is 34.2 Å². The SMILES string of the molecule is CCOC1CC(NC(=O)c2cc[nH]c(=O)c2)(C(=O)O)C1(C)C. The first-order valence-corrected chi connectivity index (χ1v) is 7.11. The summed E-state index contributed by atoms with van der Waals surface area (Å²) in [6.45, 7) is 5.82. The van der Waals surface area contributed by atoms with Gasteiger partial charge in [0.15, 0.2) is 0 Å². The Bertz CT molecular complexity index is 651. The lowest BCUT2D eigenvalue weighted by atomic mass is 9.54. The van der Waals surface area contributed by atoms with Gasteiger partial charge >= 0.3 is 5.97 Å². The fourth-order valence-electron chi connectivity index (χ4n) is 2.89. The quantitative estimate of drug-likeness (QED) is 0.744. The molecule has 3 N–H and O–H groups in total. The third-order valence-electron chi connectivity index (χ3n) is 4.49. The van der Waals surface area contributed by atoms with Gasteiger partial charge in [-0.15, -0.1) is 0 Å². The molecule has 1 heterocycles. The highest BCUT2D eigenvalue weighted by molar-refractivity contribution is 5.98. The normalized spacial score (nSPS) is 26.0. The van der Waals surface area contributed by atoms with Crippen LogP contribution in [0.15, 0.2) is 23.1 Å². The van der Waals surface area contributed by atoms with E-state index in [0.29, 0.717) is 6.61 Å². The average Bonchev–Trinajstić information content (AvgIpc) is 2.45. The van der Waals surface area contributed by atoms with Gasteiger partial charge in [0.25, 0.3) is 5.91 Å². The van der Waals surface area contributed by atoms with Crippen molar-refractivity contribution in [3.8, 4) is 0 Å². The summed E-state index contributed by atoms with van der Waals surface area (Å²) < 4.78 is 5.54. The predicted molar refractivity (Wildman–Crippen MR) is 78.7 cm³/mol. The van der Waals surface area contributed by atoms with E-state index in [9.17, 15) is 19.5 Å². The number of aromatic nitrogens is 1. The van der Waals surface area contributed by atoms with Crippen molar-refractivity contribution in [2.75, 3.05) is 6.61 Å². The van der Waals surface area contributed by atoms with Crippen LogP contribution in [0.4, 0.5) is 0 Å². The first-order valence-electron chi connectivity index (χ1n) is 7.11. The van der Waals surface area contributed by atoms with Gasteiger partial charge in [-0.05, 0) is 13.0 Å². The summed E-state index contributed by atoms with van der Waals surface area (Å²) >= 11 is 0. The molecule has 7 nitrogen and oxygen atoms in total. The van der Waals surface area contributed by atoms with E-state index < -0.39 is 28.4 Å². The van der Waals surface area contributed by atoms with Crippen molar-refractivity contribution in [2.45, 2.75) is 38.8 Å². The molecule has 22 heavy (non-hydrogen) atoms. The maximum atomic E-state index is 12.3. The van der Waals surface area contributed by atoms with E-state index >= 15 is 0 Å². The maximum Gasteiger partial charge on any atom is 0.330 e. The Morgan fingerprint density at radius 2 is 2.18 bits per heavy atom.